The lowest BCUT2D eigenvalue weighted by atomic mass is 10.2. The topological polar surface area (TPSA) is 72.2 Å². The van der Waals surface area contributed by atoms with Crippen LogP contribution in [0.4, 0.5) is 0 Å². The number of carboxylic acid groups (broad SMARTS) is 1. The molecular weight excluding hydrogens is 335 g/mol. The van der Waals surface area contributed by atoms with Gasteiger partial charge in [0.05, 0.1) is 3.57 Å². The van der Waals surface area contributed by atoms with Crippen LogP contribution in [0.5, 0.6) is 0 Å². The second-order valence-electron chi connectivity index (χ2n) is 3.81. The number of rotatable bonds is 6. The summed E-state index contributed by atoms with van der Waals surface area (Å²) in [5.41, 5.74) is -0.0173. The number of halogens is 1. The average Bonchev–Trinajstić information content (AvgIpc) is 2.27. The number of carbonyl (C=O) groups is 1. The van der Waals surface area contributed by atoms with Crippen LogP contribution in [0.2, 0.25) is 0 Å². The normalized spacial score (nSPS) is 10.5. The number of unbranched alkanes of at least 4 members (excludes halogenated alkanes) is 2. The lowest BCUT2D eigenvalue weighted by Gasteiger charge is -2.08. The number of aliphatic carboxylic acids is 1. The fourth-order valence-corrected chi connectivity index (χ4v) is 1.97. The molecule has 0 spiro atoms. The Bertz CT molecular complexity index is 457. The molecule has 1 rings (SSSR count). The standard InChI is InChI=1S/C11H15IN2O3/c1-8-13-7-9(12)11(17)14(8)6-4-2-3-5-10(15)16/h7H,2-6H2,1H3,(H,15,16). The summed E-state index contributed by atoms with van der Waals surface area (Å²) in [7, 11) is 0. The zero-order valence-electron chi connectivity index (χ0n) is 9.65. The highest BCUT2D eigenvalue weighted by Gasteiger charge is 2.05. The van der Waals surface area contributed by atoms with E-state index in [2.05, 4.69) is 4.98 Å². The third-order valence-corrected chi connectivity index (χ3v) is 3.22. The molecule has 0 bridgehead atoms. The lowest BCUT2D eigenvalue weighted by Crippen LogP contribution is -2.25. The molecule has 0 aliphatic carbocycles. The number of aromatic nitrogens is 2. The van der Waals surface area contributed by atoms with E-state index in [0.717, 1.165) is 12.8 Å². The van der Waals surface area contributed by atoms with Crippen LogP contribution in [0.15, 0.2) is 11.0 Å². The van der Waals surface area contributed by atoms with Crippen molar-refractivity contribution in [1.82, 2.24) is 9.55 Å². The number of carboxylic acids is 1. The van der Waals surface area contributed by atoms with Gasteiger partial charge in [0.2, 0.25) is 0 Å². The van der Waals surface area contributed by atoms with Crippen molar-refractivity contribution < 1.29 is 9.90 Å². The molecule has 1 heterocycles. The first kappa shape index (κ1) is 14.1. The molecule has 0 aromatic carbocycles. The Morgan fingerprint density at radius 3 is 2.82 bits per heavy atom. The minimum absolute atomic E-state index is 0.0173. The molecule has 0 fully saturated rings. The zero-order valence-corrected chi connectivity index (χ0v) is 11.8. The van der Waals surface area contributed by atoms with E-state index in [-0.39, 0.29) is 12.0 Å². The first-order chi connectivity index (χ1) is 8.02. The van der Waals surface area contributed by atoms with Crippen molar-refractivity contribution in [1.29, 1.82) is 0 Å². The predicted molar refractivity (Wildman–Crippen MR) is 72.1 cm³/mol. The summed E-state index contributed by atoms with van der Waals surface area (Å²) >= 11 is 1.97. The van der Waals surface area contributed by atoms with Gasteiger partial charge in [-0.05, 0) is 42.4 Å². The third-order valence-electron chi connectivity index (χ3n) is 2.48. The Morgan fingerprint density at radius 1 is 1.47 bits per heavy atom. The van der Waals surface area contributed by atoms with Gasteiger partial charge < -0.3 is 5.11 Å². The summed E-state index contributed by atoms with van der Waals surface area (Å²) < 4.78 is 2.25. The van der Waals surface area contributed by atoms with Crippen LogP contribution >= 0.6 is 22.6 Å². The van der Waals surface area contributed by atoms with Crippen molar-refractivity contribution in [2.45, 2.75) is 39.2 Å². The average molecular weight is 350 g/mol. The van der Waals surface area contributed by atoms with Gasteiger partial charge in [0, 0.05) is 19.2 Å². The summed E-state index contributed by atoms with van der Waals surface area (Å²) in [6.07, 6.45) is 4.03. The highest BCUT2D eigenvalue weighted by molar-refractivity contribution is 14.1. The molecule has 5 nitrogen and oxygen atoms in total. The van der Waals surface area contributed by atoms with Gasteiger partial charge in [-0.1, -0.05) is 6.42 Å². The Labute approximate surface area is 113 Å². The van der Waals surface area contributed by atoms with E-state index in [4.69, 9.17) is 5.11 Å². The van der Waals surface area contributed by atoms with Crippen LogP contribution in [-0.2, 0) is 11.3 Å². The van der Waals surface area contributed by atoms with Crippen molar-refractivity contribution in [2.24, 2.45) is 0 Å². The van der Waals surface area contributed by atoms with Crippen molar-refractivity contribution in [3.63, 3.8) is 0 Å². The van der Waals surface area contributed by atoms with Crippen LogP contribution in [0.1, 0.15) is 31.5 Å². The van der Waals surface area contributed by atoms with Gasteiger partial charge in [0.1, 0.15) is 5.82 Å². The largest absolute Gasteiger partial charge is 0.481 e. The maximum atomic E-state index is 11.8. The summed E-state index contributed by atoms with van der Waals surface area (Å²) in [4.78, 5) is 26.2. The molecule has 1 aromatic heterocycles. The molecule has 0 aliphatic rings. The number of hydrogen-bond acceptors (Lipinski definition) is 3. The van der Waals surface area contributed by atoms with E-state index < -0.39 is 5.97 Å². The second kappa shape index (κ2) is 6.73. The van der Waals surface area contributed by atoms with Gasteiger partial charge in [-0.25, -0.2) is 4.98 Å². The summed E-state index contributed by atoms with van der Waals surface area (Å²) in [6.45, 7) is 2.41. The molecule has 6 heteroatoms. The fraction of sp³-hybridized carbons (Fsp3) is 0.545. The molecule has 94 valence electrons. The molecule has 0 amide bonds. The number of aryl methyl sites for hydroxylation is 1. The smallest absolute Gasteiger partial charge is 0.303 e. The van der Waals surface area contributed by atoms with Crippen LogP contribution < -0.4 is 5.56 Å². The van der Waals surface area contributed by atoms with Crippen LogP contribution in [0.3, 0.4) is 0 Å². The van der Waals surface area contributed by atoms with E-state index in [0.29, 0.717) is 22.4 Å². The van der Waals surface area contributed by atoms with E-state index in [9.17, 15) is 9.59 Å². The Morgan fingerprint density at radius 2 is 2.18 bits per heavy atom. The molecule has 0 saturated carbocycles. The first-order valence-electron chi connectivity index (χ1n) is 5.46. The monoisotopic (exact) mass is 350 g/mol. The first-order valence-corrected chi connectivity index (χ1v) is 6.54. The Hall–Kier alpha value is -0.920. The molecule has 17 heavy (non-hydrogen) atoms. The van der Waals surface area contributed by atoms with E-state index in [1.165, 1.54) is 0 Å². The number of hydrogen-bond donors (Lipinski definition) is 1. The molecule has 0 unspecified atom stereocenters. The molecule has 1 aromatic rings. The third kappa shape index (κ3) is 4.45. The minimum Gasteiger partial charge on any atom is -0.481 e. The molecule has 0 saturated heterocycles. The van der Waals surface area contributed by atoms with E-state index >= 15 is 0 Å². The maximum Gasteiger partial charge on any atom is 0.303 e. The van der Waals surface area contributed by atoms with Gasteiger partial charge in [-0.2, -0.15) is 0 Å². The SMILES string of the molecule is Cc1ncc(I)c(=O)n1CCCCCC(=O)O. The highest BCUT2D eigenvalue weighted by atomic mass is 127. The Balaban J connectivity index is 2.50. The molecule has 1 N–H and O–H groups in total. The second-order valence-corrected chi connectivity index (χ2v) is 4.98. The minimum atomic E-state index is -0.769. The van der Waals surface area contributed by atoms with Crippen LogP contribution in [0.25, 0.3) is 0 Å². The molecule has 0 atom stereocenters. The zero-order chi connectivity index (χ0) is 12.8. The van der Waals surface area contributed by atoms with Gasteiger partial charge in [-0.15, -0.1) is 0 Å². The van der Waals surface area contributed by atoms with Crippen molar-refractivity contribution in [3.8, 4) is 0 Å². The molecule has 0 radical (unpaired) electrons. The van der Waals surface area contributed by atoms with Gasteiger partial charge in [0.15, 0.2) is 0 Å². The van der Waals surface area contributed by atoms with Crippen molar-refractivity contribution in [3.05, 3.63) is 25.9 Å². The summed E-state index contributed by atoms with van der Waals surface area (Å²) in [6, 6.07) is 0. The predicted octanol–water partition coefficient (Wildman–Crippen LogP) is 1.80. The van der Waals surface area contributed by atoms with E-state index in [1.807, 2.05) is 22.6 Å². The highest BCUT2D eigenvalue weighted by Crippen LogP contribution is 2.03. The van der Waals surface area contributed by atoms with Gasteiger partial charge >= 0.3 is 5.97 Å². The summed E-state index contributed by atoms with van der Waals surface area (Å²) in [5, 5.41) is 8.49. The lowest BCUT2D eigenvalue weighted by molar-refractivity contribution is -0.137. The van der Waals surface area contributed by atoms with Crippen molar-refractivity contribution >= 4 is 28.6 Å². The van der Waals surface area contributed by atoms with Gasteiger partial charge in [-0.3, -0.25) is 14.2 Å². The van der Waals surface area contributed by atoms with E-state index in [1.54, 1.807) is 17.7 Å². The summed E-state index contributed by atoms with van der Waals surface area (Å²) in [5.74, 6) is -0.0667. The maximum absolute atomic E-state index is 11.8. The molecule has 0 aliphatic heterocycles. The fourth-order valence-electron chi connectivity index (χ4n) is 1.54. The van der Waals surface area contributed by atoms with Crippen molar-refractivity contribution in [2.75, 3.05) is 0 Å². The number of nitrogens with zero attached hydrogens (tertiary/aromatic N) is 2. The quantitative estimate of drug-likeness (QED) is 0.627. The van der Waals surface area contributed by atoms with Crippen LogP contribution in [-0.4, -0.2) is 20.6 Å². The van der Waals surface area contributed by atoms with Gasteiger partial charge in [0.25, 0.3) is 5.56 Å². The van der Waals surface area contributed by atoms with Crippen LogP contribution in [0, 0.1) is 10.5 Å². The molecular formula is C11H15IN2O3. The Kier molecular flexibility index (Phi) is 5.60.